The van der Waals surface area contributed by atoms with Gasteiger partial charge in [0, 0.05) is 19.3 Å². The number of ether oxygens (including phenoxy) is 1. The molecular formula is C7H11NO4. The van der Waals surface area contributed by atoms with Crippen molar-refractivity contribution in [3.05, 3.63) is 0 Å². The quantitative estimate of drug-likeness (QED) is 0.517. The van der Waals surface area contributed by atoms with Gasteiger partial charge in [-0.2, -0.15) is 0 Å². The molecule has 0 aromatic carbocycles. The summed E-state index contributed by atoms with van der Waals surface area (Å²) in [5, 5.41) is 10.7. The molecule has 0 aliphatic carbocycles. The van der Waals surface area contributed by atoms with E-state index in [2.05, 4.69) is 5.32 Å². The second kappa shape index (κ2) is 4.06. The predicted molar refractivity (Wildman–Crippen MR) is 39.6 cm³/mol. The Morgan fingerprint density at radius 2 is 1.92 bits per heavy atom. The Labute approximate surface area is 69.7 Å². The molecule has 0 aromatic heterocycles. The molecule has 0 bridgehead atoms. The van der Waals surface area contributed by atoms with Gasteiger partial charge < -0.3 is 15.2 Å². The summed E-state index contributed by atoms with van der Waals surface area (Å²) in [6.07, 6.45) is 1.39. The Bertz CT molecular complexity index is 186. The van der Waals surface area contributed by atoms with E-state index in [1.54, 1.807) is 0 Å². The summed E-state index contributed by atoms with van der Waals surface area (Å²) in [6.45, 7) is 1.18. The third-order valence-corrected chi connectivity index (χ3v) is 1.75. The zero-order valence-electron chi connectivity index (χ0n) is 6.58. The van der Waals surface area contributed by atoms with Crippen LogP contribution in [0.1, 0.15) is 12.8 Å². The maximum Gasteiger partial charge on any atom is 0.394 e. The first kappa shape index (κ1) is 8.99. The Balaban J connectivity index is 2.29. The van der Waals surface area contributed by atoms with Crippen LogP contribution in [0.25, 0.3) is 0 Å². The molecule has 0 radical (unpaired) electrons. The number of carbonyl (C=O) groups is 2. The predicted octanol–water partition coefficient (Wildman–Crippen LogP) is -0.634. The average Bonchev–Trinajstić information content (AvgIpc) is 2.06. The molecule has 0 aromatic rings. The molecule has 0 saturated carbocycles. The summed E-state index contributed by atoms with van der Waals surface area (Å²) >= 11 is 0. The van der Waals surface area contributed by atoms with Gasteiger partial charge in [-0.05, 0) is 12.8 Å². The molecule has 1 rings (SSSR count). The van der Waals surface area contributed by atoms with E-state index in [1.165, 1.54) is 0 Å². The topological polar surface area (TPSA) is 75.6 Å². The van der Waals surface area contributed by atoms with E-state index in [0.717, 1.165) is 0 Å². The van der Waals surface area contributed by atoms with Gasteiger partial charge in [-0.15, -0.1) is 0 Å². The van der Waals surface area contributed by atoms with Crippen molar-refractivity contribution < 1.29 is 19.4 Å². The van der Waals surface area contributed by atoms with Crippen molar-refractivity contribution >= 4 is 11.9 Å². The van der Waals surface area contributed by atoms with Gasteiger partial charge >= 0.3 is 11.9 Å². The normalized spacial score (nSPS) is 18.7. The average molecular weight is 173 g/mol. The van der Waals surface area contributed by atoms with Gasteiger partial charge in [0.1, 0.15) is 0 Å². The minimum Gasteiger partial charge on any atom is -0.474 e. The van der Waals surface area contributed by atoms with E-state index in [9.17, 15) is 9.59 Å². The van der Waals surface area contributed by atoms with Gasteiger partial charge in [0.15, 0.2) is 0 Å². The Morgan fingerprint density at radius 1 is 1.33 bits per heavy atom. The molecule has 1 amide bonds. The number of hydrogen-bond donors (Lipinski definition) is 2. The molecule has 1 saturated heterocycles. The lowest BCUT2D eigenvalue weighted by molar-refractivity contribution is -0.150. The minimum atomic E-state index is -1.43. The highest BCUT2D eigenvalue weighted by Crippen LogP contribution is 2.05. The number of nitrogens with one attached hydrogen (secondary N) is 1. The van der Waals surface area contributed by atoms with Gasteiger partial charge in [0.2, 0.25) is 0 Å². The maximum absolute atomic E-state index is 10.7. The smallest absolute Gasteiger partial charge is 0.394 e. The standard InChI is InChI=1S/C7H11NO4/c9-6(7(10)11)8-5-1-3-12-4-2-5/h5H,1-4H2,(H,8,9)(H,10,11). The van der Waals surface area contributed by atoms with Crippen molar-refractivity contribution in [3.63, 3.8) is 0 Å². The van der Waals surface area contributed by atoms with Crippen LogP contribution in [0.4, 0.5) is 0 Å². The first-order chi connectivity index (χ1) is 5.70. The number of carboxylic acid groups (broad SMARTS) is 1. The lowest BCUT2D eigenvalue weighted by Gasteiger charge is -2.21. The second-order valence-electron chi connectivity index (χ2n) is 2.67. The van der Waals surface area contributed by atoms with Gasteiger partial charge in [0.25, 0.3) is 0 Å². The molecule has 0 atom stereocenters. The van der Waals surface area contributed by atoms with Crippen LogP contribution in [0.5, 0.6) is 0 Å². The zero-order valence-corrected chi connectivity index (χ0v) is 6.58. The van der Waals surface area contributed by atoms with Crippen molar-refractivity contribution in [1.82, 2.24) is 5.32 Å². The maximum atomic E-state index is 10.7. The molecule has 5 nitrogen and oxygen atoms in total. The molecule has 1 aliphatic rings. The van der Waals surface area contributed by atoms with Crippen LogP contribution in [-0.4, -0.2) is 36.2 Å². The van der Waals surface area contributed by atoms with Crippen LogP contribution in [-0.2, 0) is 14.3 Å². The highest BCUT2D eigenvalue weighted by Gasteiger charge is 2.19. The van der Waals surface area contributed by atoms with E-state index < -0.39 is 11.9 Å². The highest BCUT2D eigenvalue weighted by molar-refractivity contribution is 6.31. The van der Waals surface area contributed by atoms with Crippen LogP contribution in [0.3, 0.4) is 0 Å². The monoisotopic (exact) mass is 173 g/mol. The van der Waals surface area contributed by atoms with Crippen LogP contribution < -0.4 is 5.32 Å². The molecule has 1 aliphatic heterocycles. The largest absolute Gasteiger partial charge is 0.474 e. The first-order valence-corrected chi connectivity index (χ1v) is 3.81. The molecular weight excluding hydrogens is 162 g/mol. The number of amides is 1. The summed E-state index contributed by atoms with van der Waals surface area (Å²) in [5.41, 5.74) is 0. The number of aliphatic carboxylic acids is 1. The molecule has 1 heterocycles. The molecule has 0 spiro atoms. The molecule has 5 heteroatoms. The SMILES string of the molecule is O=C(O)C(=O)NC1CCOCC1. The van der Waals surface area contributed by atoms with E-state index in [-0.39, 0.29) is 6.04 Å². The highest BCUT2D eigenvalue weighted by atomic mass is 16.5. The Morgan fingerprint density at radius 3 is 2.42 bits per heavy atom. The van der Waals surface area contributed by atoms with Crippen LogP contribution in [0.15, 0.2) is 0 Å². The molecule has 12 heavy (non-hydrogen) atoms. The van der Waals surface area contributed by atoms with Crippen molar-refractivity contribution in [1.29, 1.82) is 0 Å². The number of rotatable bonds is 1. The second-order valence-corrected chi connectivity index (χ2v) is 2.67. The van der Waals surface area contributed by atoms with E-state index in [1.807, 2.05) is 0 Å². The van der Waals surface area contributed by atoms with E-state index in [4.69, 9.17) is 9.84 Å². The fraction of sp³-hybridized carbons (Fsp3) is 0.714. The Kier molecular flexibility index (Phi) is 3.04. The summed E-state index contributed by atoms with van der Waals surface area (Å²) in [5.74, 6) is -2.36. The molecule has 0 unspecified atom stereocenters. The van der Waals surface area contributed by atoms with Crippen LogP contribution >= 0.6 is 0 Å². The van der Waals surface area contributed by atoms with Crippen LogP contribution in [0, 0.1) is 0 Å². The van der Waals surface area contributed by atoms with Crippen molar-refractivity contribution in [2.45, 2.75) is 18.9 Å². The number of carbonyl (C=O) groups excluding carboxylic acids is 1. The summed E-state index contributed by atoms with van der Waals surface area (Å²) < 4.78 is 5.04. The van der Waals surface area contributed by atoms with Gasteiger partial charge in [0.05, 0.1) is 0 Å². The van der Waals surface area contributed by atoms with E-state index in [0.29, 0.717) is 26.1 Å². The fourth-order valence-electron chi connectivity index (χ4n) is 1.09. The summed E-state index contributed by atoms with van der Waals surface area (Å²) in [6, 6.07) is -0.0395. The Hall–Kier alpha value is -1.10. The van der Waals surface area contributed by atoms with Crippen LogP contribution in [0.2, 0.25) is 0 Å². The zero-order chi connectivity index (χ0) is 8.97. The van der Waals surface area contributed by atoms with Gasteiger partial charge in [-0.25, -0.2) is 4.79 Å². The van der Waals surface area contributed by atoms with Crippen molar-refractivity contribution in [3.8, 4) is 0 Å². The summed E-state index contributed by atoms with van der Waals surface area (Å²) in [4.78, 5) is 20.8. The third-order valence-electron chi connectivity index (χ3n) is 1.75. The lowest BCUT2D eigenvalue weighted by Crippen LogP contribution is -2.42. The number of carboxylic acids is 1. The first-order valence-electron chi connectivity index (χ1n) is 3.81. The van der Waals surface area contributed by atoms with Crippen molar-refractivity contribution in [2.75, 3.05) is 13.2 Å². The minimum absolute atomic E-state index is 0.0395. The summed E-state index contributed by atoms with van der Waals surface area (Å²) in [7, 11) is 0. The van der Waals surface area contributed by atoms with Crippen molar-refractivity contribution in [2.24, 2.45) is 0 Å². The molecule has 68 valence electrons. The van der Waals surface area contributed by atoms with Gasteiger partial charge in [-0.1, -0.05) is 0 Å². The number of hydrogen-bond acceptors (Lipinski definition) is 3. The fourth-order valence-corrected chi connectivity index (χ4v) is 1.09. The molecule has 2 N–H and O–H groups in total. The molecule has 1 fully saturated rings. The van der Waals surface area contributed by atoms with Gasteiger partial charge in [-0.3, -0.25) is 4.79 Å². The lowest BCUT2D eigenvalue weighted by atomic mass is 10.1. The third kappa shape index (κ3) is 2.50. The van der Waals surface area contributed by atoms with E-state index >= 15 is 0 Å².